The highest BCUT2D eigenvalue weighted by Crippen LogP contribution is 2.28. The Morgan fingerprint density at radius 1 is 1.16 bits per heavy atom. The van der Waals surface area contributed by atoms with E-state index in [2.05, 4.69) is 49.3 Å². The second kappa shape index (κ2) is 6.56. The molecule has 126 valence electrons. The molecule has 0 atom stereocenters. The number of hydrogen-bond acceptors (Lipinski definition) is 7. The topological polar surface area (TPSA) is 92.3 Å². The molecule has 0 bridgehead atoms. The van der Waals surface area contributed by atoms with Crippen LogP contribution in [0, 0.1) is 0 Å². The molecule has 8 heteroatoms. The summed E-state index contributed by atoms with van der Waals surface area (Å²) in [6, 6.07) is 7.73. The van der Waals surface area contributed by atoms with Crippen molar-refractivity contribution in [1.82, 2.24) is 30.1 Å². The number of nitrogens with one attached hydrogen (secondary N) is 2. The maximum absolute atomic E-state index is 4.66. The first-order valence-corrected chi connectivity index (χ1v) is 8.90. The van der Waals surface area contributed by atoms with Crippen LogP contribution in [-0.2, 0) is 6.54 Å². The molecule has 0 aliphatic carbocycles. The maximum Gasteiger partial charge on any atom is 0.181 e. The van der Waals surface area contributed by atoms with Gasteiger partial charge < -0.3 is 5.32 Å². The number of pyridine rings is 1. The predicted octanol–water partition coefficient (Wildman–Crippen LogP) is 3.61. The number of aromatic amines is 1. The summed E-state index contributed by atoms with van der Waals surface area (Å²) in [4.78, 5) is 19.0. The first-order chi connectivity index (χ1) is 12.2. The first-order valence-electron chi connectivity index (χ1n) is 8.02. The number of aromatic nitrogens is 6. The second-order valence-electron chi connectivity index (χ2n) is 5.90. The largest absolute Gasteiger partial charge is 0.362 e. The maximum atomic E-state index is 4.66. The van der Waals surface area contributed by atoms with Crippen LogP contribution in [0.25, 0.3) is 21.7 Å². The van der Waals surface area contributed by atoms with Crippen LogP contribution in [0.2, 0.25) is 0 Å². The van der Waals surface area contributed by atoms with E-state index in [1.807, 2.05) is 29.6 Å². The van der Waals surface area contributed by atoms with Crippen molar-refractivity contribution < 1.29 is 0 Å². The third-order valence-electron chi connectivity index (χ3n) is 3.71. The van der Waals surface area contributed by atoms with Gasteiger partial charge in [0.2, 0.25) is 0 Å². The zero-order valence-corrected chi connectivity index (χ0v) is 14.7. The summed E-state index contributed by atoms with van der Waals surface area (Å²) < 4.78 is 0. The van der Waals surface area contributed by atoms with Crippen molar-refractivity contribution in [2.24, 2.45) is 0 Å². The van der Waals surface area contributed by atoms with Crippen LogP contribution in [0.4, 0.5) is 5.82 Å². The van der Waals surface area contributed by atoms with E-state index in [4.69, 9.17) is 0 Å². The van der Waals surface area contributed by atoms with E-state index in [-0.39, 0.29) is 0 Å². The van der Waals surface area contributed by atoms with Crippen LogP contribution >= 0.6 is 11.3 Å². The summed E-state index contributed by atoms with van der Waals surface area (Å²) in [6.45, 7) is 4.65. The molecule has 0 saturated carbocycles. The molecule has 0 radical (unpaired) electrons. The Morgan fingerprint density at radius 3 is 2.84 bits per heavy atom. The van der Waals surface area contributed by atoms with Gasteiger partial charge in [-0.15, -0.1) is 11.3 Å². The minimum absolute atomic E-state index is 0.295. The van der Waals surface area contributed by atoms with Gasteiger partial charge in [0, 0.05) is 12.1 Å². The summed E-state index contributed by atoms with van der Waals surface area (Å²) in [5.41, 5.74) is 0.752. The van der Waals surface area contributed by atoms with Gasteiger partial charge in [-0.1, -0.05) is 19.9 Å². The number of nitrogens with zero attached hydrogens (tertiary/aromatic N) is 5. The highest BCUT2D eigenvalue weighted by Gasteiger charge is 2.12. The number of thiophene rings is 1. The van der Waals surface area contributed by atoms with E-state index in [1.54, 1.807) is 17.5 Å². The van der Waals surface area contributed by atoms with E-state index in [0.717, 1.165) is 33.4 Å². The molecule has 4 aromatic heterocycles. The Hall–Kier alpha value is -2.87. The van der Waals surface area contributed by atoms with Gasteiger partial charge in [-0.05, 0) is 23.6 Å². The molecule has 7 nitrogen and oxygen atoms in total. The van der Waals surface area contributed by atoms with Gasteiger partial charge in [-0.2, -0.15) is 5.10 Å². The fourth-order valence-corrected chi connectivity index (χ4v) is 3.18. The Kier molecular flexibility index (Phi) is 4.10. The van der Waals surface area contributed by atoms with E-state index in [9.17, 15) is 0 Å². The van der Waals surface area contributed by atoms with Gasteiger partial charge in [0.15, 0.2) is 11.6 Å². The fourth-order valence-electron chi connectivity index (χ4n) is 2.41. The number of H-pyrrole nitrogens is 1. The highest BCUT2D eigenvalue weighted by atomic mass is 32.1. The molecular formula is C17H17N7S. The molecule has 4 aromatic rings. The summed E-state index contributed by atoms with van der Waals surface area (Å²) in [6.07, 6.45) is 1.74. The molecule has 25 heavy (non-hydrogen) atoms. The van der Waals surface area contributed by atoms with Crippen molar-refractivity contribution in [2.45, 2.75) is 26.3 Å². The summed E-state index contributed by atoms with van der Waals surface area (Å²) >= 11 is 1.59. The molecular weight excluding hydrogens is 334 g/mol. The SMILES string of the molecule is CC(C)c1n[nH]c(CNc2nc(-c3ccccn3)nc3sccc23)n1. The van der Waals surface area contributed by atoms with Gasteiger partial charge in [0.1, 0.15) is 22.2 Å². The lowest BCUT2D eigenvalue weighted by atomic mass is 10.2. The normalized spacial score (nSPS) is 11.3. The predicted molar refractivity (Wildman–Crippen MR) is 98.4 cm³/mol. The van der Waals surface area contributed by atoms with Crippen LogP contribution in [0.15, 0.2) is 35.8 Å². The molecule has 4 heterocycles. The number of rotatable bonds is 5. The van der Waals surface area contributed by atoms with E-state index in [1.165, 1.54) is 0 Å². The lowest BCUT2D eigenvalue weighted by Crippen LogP contribution is -2.05. The molecule has 0 spiro atoms. The van der Waals surface area contributed by atoms with Gasteiger partial charge in [-0.25, -0.2) is 15.0 Å². The molecule has 0 saturated heterocycles. The van der Waals surface area contributed by atoms with Crippen molar-refractivity contribution in [3.05, 3.63) is 47.5 Å². The summed E-state index contributed by atoms with van der Waals surface area (Å²) in [5.74, 6) is 3.27. The monoisotopic (exact) mass is 351 g/mol. The van der Waals surface area contributed by atoms with E-state index in [0.29, 0.717) is 18.3 Å². The van der Waals surface area contributed by atoms with Crippen LogP contribution < -0.4 is 5.32 Å². The lowest BCUT2D eigenvalue weighted by molar-refractivity contribution is 0.780. The average molecular weight is 351 g/mol. The van der Waals surface area contributed by atoms with Crippen molar-refractivity contribution in [3.8, 4) is 11.5 Å². The molecule has 0 amide bonds. The quantitative estimate of drug-likeness (QED) is 0.571. The Balaban J connectivity index is 1.65. The second-order valence-corrected chi connectivity index (χ2v) is 6.79. The zero-order valence-electron chi connectivity index (χ0n) is 13.9. The minimum Gasteiger partial charge on any atom is -0.362 e. The minimum atomic E-state index is 0.295. The smallest absolute Gasteiger partial charge is 0.181 e. The number of hydrogen-bond donors (Lipinski definition) is 2. The Bertz CT molecular complexity index is 991. The highest BCUT2D eigenvalue weighted by molar-refractivity contribution is 7.16. The zero-order chi connectivity index (χ0) is 17.2. The molecule has 0 aliphatic heterocycles. The Morgan fingerprint density at radius 2 is 2.08 bits per heavy atom. The van der Waals surface area contributed by atoms with Crippen molar-refractivity contribution in [1.29, 1.82) is 0 Å². The number of fused-ring (bicyclic) bond motifs is 1. The van der Waals surface area contributed by atoms with E-state index >= 15 is 0 Å². The first kappa shape index (κ1) is 15.6. The average Bonchev–Trinajstić information content (AvgIpc) is 3.29. The van der Waals surface area contributed by atoms with Crippen LogP contribution in [0.3, 0.4) is 0 Å². The molecule has 2 N–H and O–H groups in total. The molecule has 4 rings (SSSR count). The third kappa shape index (κ3) is 3.20. The van der Waals surface area contributed by atoms with Crippen molar-refractivity contribution in [3.63, 3.8) is 0 Å². The van der Waals surface area contributed by atoms with E-state index < -0.39 is 0 Å². The summed E-state index contributed by atoms with van der Waals surface area (Å²) in [7, 11) is 0. The van der Waals surface area contributed by atoms with Crippen molar-refractivity contribution >= 4 is 27.4 Å². The fraction of sp³-hybridized carbons (Fsp3) is 0.235. The van der Waals surface area contributed by atoms with Gasteiger partial charge >= 0.3 is 0 Å². The molecule has 0 unspecified atom stereocenters. The molecule has 0 aromatic carbocycles. The van der Waals surface area contributed by atoms with Gasteiger partial charge in [0.25, 0.3) is 0 Å². The lowest BCUT2D eigenvalue weighted by Gasteiger charge is -2.07. The number of anilines is 1. The van der Waals surface area contributed by atoms with Crippen LogP contribution in [-0.4, -0.2) is 30.1 Å². The summed E-state index contributed by atoms with van der Waals surface area (Å²) in [5, 5.41) is 13.5. The molecule has 0 aliphatic rings. The third-order valence-corrected chi connectivity index (χ3v) is 4.51. The van der Waals surface area contributed by atoms with Gasteiger partial charge in [-0.3, -0.25) is 10.1 Å². The van der Waals surface area contributed by atoms with Gasteiger partial charge in [0.05, 0.1) is 11.9 Å². The van der Waals surface area contributed by atoms with Crippen LogP contribution in [0.5, 0.6) is 0 Å². The standard InChI is InChI=1S/C17H17N7S/c1-10(2)14-20-13(23-24-14)9-19-15-11-6-8-25-17(11)22-16(21-15)12-5-3-4-7-18-12/h3-8,10H,9H2,1-2H3,(H,19,21,22)(H,20,23,24). The molecule has 0 fully saturated rings. The van der Waals surface area contributed by atoms with Crippen LogP contribution in [0.1, 0.15) is 31.4 Å². The van der Waals surface area contributed by atoms with Crippen molar-refractivity contribution in [2.75, 3.05) is 5.32 Å². The Labute approximate surface area is 148 Å².